The molecular formula is C16H23N5O. The van der Waals surface area contributed by atoms with Gasteiger partial charge in [-0.3, -0.25) is 4.90 Å². The lowest BCUT2D eigenvalue weighted by Gasteiger charge is -2.20. The van der Waals surface area contributed by atoms with Crippen LogP contribution in [-0.2, 0) is 25.8 Å². The number of rotatable bonds is 4. The highest BCUT2D eigenvalue weighted by atomic mass is 16.5. The maximum Gasteiger partial charge on any atom is 0.226 e. The molecule has 1 fully saturated rings. The van der Waals surface area contributed by atoms with Gasteiger partial charge in [-0.15, -0.1) is 0 Å². The van der Waals surface area contributed by atoms with E-state index in [2.05, 4.69) is 20.0 Å². The highest BCUT2D eigenvalue weighted by Crippen LogP contribution is 2.33. The number of aromatic nitrogens is 4. The van der Waals surface area contributed by atoms with Gasteiger partial charge in [0, 0.05) is 12.1 Å². The summed E-state index contributed by atoms with van der Waals surface area (Å²) < 4.78 is 5.22. The molecule has 1 aliphatic carbocycles. The Morgan fingerprint density at radius 3 is 2.95 bits per heavy atom. The van der Waals surface area contributed by atoms with Gasteiger partial charge < -0.3 is 9.51 Å². The number of aromatic amines is 1. The smallest absolute Gasteiger partial charge is 0.226 e. The third-order valence-electron chi connectivity index (χ3n) is 4.81. The number of hydrogen-bond donors (Lipinski definition) is 1. The largest absolute Gasteiger partial charge is 0.344 e. The van der Waals surface area contributed by atoms with Gasteiger partial charge in [-0.25, -0.2) is 4.98 Å². The summed E-state index contributed by atoms with van der Waals surface area (Å²) in [7, 11) is 0. The zero-order chi connectivity index (χ0) is 14.9. The third-order valence-corrected chi connectivity index (χ3v) is 4.81. The van der Waals surface area contributed by atoms with E-state index < -0.39 is 0 Å². The van der Waals surface area contributed by atoms with Gasteiger partial charge >= 0.3 is 0 Å². The molecule has 0 aromatic carbocycles. The van der Waals surface area contributed by atoms with Crippen molar-refractivity contribution in [2.75, 3.05) is 6.54 Å². The predicted octanol–water partition coefficient (Wildman–Crippen LogP) is 2.57. The summed E-state index contributed by atoms with van der Waals surface area (Å²) in [6.07, 6.45) is 7.99. The molecule has 0 bridgehead atoms. The molecule has 0 unspecified atom stereocenters. The normalized spacial score (nSPS) is 22.1. The third kappa shape index (κ3) is 2.56. The Kier molecular flexibility index (Phi) is 3.70. The van der Waals surface area contributed by atoms with Crippen LogP contribution in [0.4, 0.5) is 0 Å². The first-order valence-corrected chi connectivity index (χ1v) is 8.46. The topological polar surface area (TPSA) is 70.8 Å². The minimum atomic E-state index is 0.370. The molecule has 22 heavy (non-hydrogen) atoms. The Bertz CT molecular complexity index is 623. The van der Waals surface area contributed by atoms with E-state index in [-0.39, 0.29) is 0 Å². The lowest BCUT2D eigenvalue weighted by atomic mass is 10.0. The zero-order valence-electron chi connectivity index (χ0n) is 13.1. The van der Waals surface area contributed by atoms with Crippen molar-refractivity contribution >= 4 is 0 Å². The Labute approximate surface area is 130 Å². The molecule has 0 radical (unpaired) electrons. The molecule has 3 heterocycles. The molecule has 1 aliphatic heterocycles. The average molecular weight is 301 g/mol. The maximum atomic E-state index is 5.22. The van der Waals surface area contributed by atoms with Crippen LogP contribution in [0.5, 0.6) is 0 Å². The summed E-state index contributed by atoms with van der Waals surface area (Å²) in [4.78, 5) is 15.3. The second-order valence-electron chi connectivity index (χ2n) is 6.34. The van der Waals surface area contributed by atoms with Crippen LogP contribution >= 0.6 is 0 Å². The first kappa shape index (κ1) is 13.9. The van der Waals surface area contributed by atoms with E-state index in [4.69, 9.17) is 9.51 Å². The van der Waals surface area contributed by atoms with E-state index in [0.29, 0.717) is 6.04 Å². The molecule has 2 aromatic heterocycles. The van der Waals surface area contributed by atoms with Crippen molar-refractivity contribution in [1.82, 2.24) is 25.0 Å². The van der Waals surface area contributed by atoms with Gasteiger partial charge in [0.25, 0.3) is 0 Å². The Morgan fingerprint density at radius 1 is 1.23 bits per heavy atom. The minimum Gasteiger partial charge on any atom is -0.344 e. The fourth-order valence-corrected chi connectivity index (χ4v) is 3.64. The van der Waals surface area contributed by atoms with Gasteiger partial charge in [-0.1, -0.05) is 12.1 Å². The number of nitrogens with one attached hydrogen (secondary N) is 1. The van der Waals surface area contributed by atoms with Gasteiger partial charge in [0.05, 0.1) is 18.3 Å². The first-order chi connectivity index (χ1) is 10.8. The number of nitrogens with zero attached hydrogens (tertiary/aromatic N) is 4. The molecule has 118 valence electrons. The second-order valence-corrected chi connectivity index (χ2v) is 6.34. The summed E-state index contributed by atoms with van der Waals surface area (Å²) >= 11 is 0. The van der Waals surface area contributed by atoms with E-state index in [0.717, 1.165) is 56.3 Å². The van der Waals surface area contributed by atoms with Crippen molar-refractivity contribution in [2.45, 2.75) is 64.5 Å². The molecule has 6 nitrogen and oxygen atoms in total. The molecule has 2 aromatic rings. The number of H-pyrrole nitrogens is 1. The average Bonchev–Trinajstić information content (AvgIpc) is 3.25. The summed E-state index contributed by atoms with van der Waals surface area (Å²) in [5.41, 5.74) is 2.65. The molecule has 0 spiro atoms. The minimum absolute atomic E-state index is 0.370. The number of hydrogen-bond acceptors (Lipinski definition) is 5. The molecule has 0 amide bonds. The molecule has 4 rings (SSSR count). The standard InChI is InChI=1S/C16H23N5O/c1-2-15-19-14(20-22-15)10-21-9-5-8-13(21)16-17-11-6-3-4-7-12(11)18-16/h13H,2-10H2,1H3,(H,17,18)/t13-/m1/s1. The molecule has 0 saturated carbocycles. The van der Waals surface area contributed by atoms with Crippen molar-refractivity contribution in [3.8, 4) is 0 Å². The second kappa shape index (κ2) is 5.83. The highest BCUT2D eigenvalue weighted by molar-refractivity contribution is 5.19. The van der Waals surface area contributed by atoms with Crippen LogP contribution in [0.3, 0.4) is 0 Å². The maximum absolute atomic E-state index is 5.22. The number of likely N-dealkylation sites (tertiary alicyclic amines) is 1. The molecule has 1 saturated heterocycles. The van der Waals surface area contributed by atoms with Crippen LogP contribution in [0, 0.1) is 0 Å². The van der Waals surface area contributed by atoms with Gasteiger partial charge in [0.15, 0.2) is 5.82 Å². The van der Waals surface area contributed by atoms with Crippen LogP contribution in [-0.4, -0.2) is 31.6 Å². The summed E-state index contributed by atoms with van der Waals surface area (Å²) in [6, 6.07) is 0.370. The predicted molar refractivity (Wildman–Crippen MR) is 81.3 cm³/mol. The lowest BCUT2D eigenvalue weighted by Crippen LogP contribution is -2.24. The van der Waals surface area contributed by atoms with Gasteiger partial charge in [-0.2, -0.15) is 4.98 Å². The van der Waals surface area contributed by atoms with Crippen LogP contribution in [0.25, 0.3) is 0 Å². The fourth-order valence-electron chi connectivity index (χ4n) is 3.64. The Hall–Kier alpha value is -1.69. The van der Waals surface area contributed by atoms with Crippen molar-refractivity contribution < 1.29 is 4.52 Å². The Morgan fingerprint density at radius 2 is 2.14 bits per heavy atom. The van der Waals surface area contributed by atoms with E-state index in [1.165, 1.54) is 30.7 Å². The molecule has 6 heteroatoms. The monoisotopic (exact) mass is 301 g/mol. The van der Waals surface area contributed by atoms with Gasteiger partial charge in [0.1, 0.15) is 5.82 Å². The Balaban J connectivity index is 1.51. The zero-order valence-corrected chi connectivity index (χ0v) is 13.1. The SMILES string of the molecule is CCc1nc(CN2CCC[C@@H]2c2nc3c([nH]2)CCCC3)no1. The van der Waals surface area contributed by atoms with E-state index in [1.54, 1.807) is 0 Å². The molecule has 1 N–H and O–H groups in total. The number of aryl methyl sites for hydroxylation is 3. The van der Waals surface area contributed by atoms with Gasteiger partial charge in [-0.05, 0) is 45.1 Å². The van der Waals surface area contributed by atoms with Crippen LogP contribution in [0.1, 0.15) is 67.6 Å². The van der Waals surface area contributed by atoms with Crippen molar-refractivity contribution in [3.05, 3.63) is 28.9 Å². The summed E-state index contributed by atoms with van der Waals surface area (Å²) in [5, 5.41) is 4.09. The summed E-state index contributed by atoms with van der Waals surface area (Å²) in [6.45, 7) is 3.86. The van der Waals surface area contributed by atoms with E-state index in [9.17, 15) is 0 Å². The molecular weight excluding hydrogens is 278 g/mol. The van der Waals surface area contributed by atoms with Gasteiger partial charge in [0.2, 0.25) is 5.89 Å². The summed E-state index contributed by atoms with van der Waals surface area (Å²) in [5.74, 6) is 2.66. The fraction of sp³-hybridized carbons (Fsp3) is 0.688. The molecule has 1 atom stereocenters. The van der Waals surface area contributed by atoms with Crippen molar-refractivity contribution in [3.63, 3.8) is 0 Å². The van der Waals surface area contributed by atoms with E-state index in [1.807, 2.05) is 6.92 Å². The number of fused-ring (bicyclic) bond motifs is 1. The molecule has 2 aliphatic rings. The van der Waals surface area contributed by atoms with E-state index >= 15 is 0 Å². The lowest BCUT2D eigenvalue weighted by molar-refractivity contribution is 0.230. The first-order valence-electron chi connectivity index (χ1n) is 8.46. The van der Waals surface area contributed by atoms with Crippen molar-refractivity contribution in [1.29, 1.82) is 0 Å². The number of imidazole rings is 1. The van der Waals surface area contributed by atoms with Crippen LogP contribution in [0.15, 0.2) is 4.52 Å². The van der Waals surface area contributed by atoms with Crippen LogP contribution < -0.4 is 0 Å². The van der Waals surface area contributed by atoms with Crippen LogP contribution in [0.2, 0.25) is 0 Å². The highest BCUT2D eigenvalue weighted by Gasteiger charge is 2.30. The quantitative estimate of drug-likeness (QED) is 0.939. The van der Waals surface area contributed by atoms with Crippen molar-refractivity contribution in [2.24, 2.45) is 0 Å².